The number of hydrogen-bond donors (Lipinski definition) is 1. The largest absolute Gasteiger partial charge is 0.340 e. The lowest BCUT2D eigenvalue weighted by atomic mass is 10.0. The Bertz CT molecular complexity index is 687. The van der Waals surface area contributed by atoms with Crippen molar-refractivity contribution >= 4 is 22.8 Å². The highest BCUT2D eigenvalue weighted by atomic mass is 32.2. The summed E-state index contributed by atoms with van der Waals surface area (Å²) in [4.78, 5) is 13.6. The van der Waals surface area contributed by atoms with E-state index in [1.165, 1.54) is 10.5 Å². The molecule has 1 aliphatic rings. The smallest absolute Gasteiger partial charge is 0.115 e. The van der Waals surface area contributed by atoms with E-state index in [-0.39, 0.29) is 0 Å². The average molecular weight is 253 g/mol. The highest BCUT2D eigenvalue weighted by Crippen LogP contribution is 2.42. The number of nitrogens with zero attached hydrogens (tertiary/aromatic N) is 2. The molecule has 18 heavy (non-hydrogen) atoms. The molecule has 88 valence electrons. The lowest BCUT2D eigenvalue weighted by molar-refractivity contribution is 0.859. The zero-order valence-electron chi connectivity index (χ0n) is 9.63. The molecule has 3 nitrogen and oxygen atoms in total. The van der Waals surface area contributed by atoms with Gasteiger partial charge in [0.1, 0.15) is 5.82 Å². The number of aromatic amines is 1. The first-order valence-electron chi connectivity index (χ1n) is 5.93. The number of imidazole rings is 1. The molecule has 0 radical (unpaired) electrons. The van der Waals surface area contributed by atoms with Crippen LogP contribution in [0.2, 0.25) is 0 Å². The van der Waals surface area contributed by atoms with E-state index in [9.17, 15) is 0 Å². The molecule has 3 heterocycles. The molecule has 1 aliphatic heterocycles. The van der Waals surface area contributed by atoms with Crippen molar-refractivity contribution in [1.82, 2.24) is 15.0 Å². The van der Waals surface area contributed by atoms with Crippen LogP contribution < -0.4 is 0 Å². The van der Waals surface area contributed by atoms with Crippen molar-refractivity contribution in [3.05, 3.63) is 54.1 Å². The van der Waals surface area contributed by atoms with Gasteiger partial charge in [-0.25, -0.2) is 4.98 Å². The topological polar surface area (TPSA) is 41.6 Å². The Kier molecular flexibility index (Phi) is 2.17. The molecule has 0 aliphatic carbocycles. The predicted octanol–water partition coefficient (Wildman–Crippen LogP) is 3.20. The van der Waals surface area contributed by atoms with Gasteiger partial charge in [0.2, 0.25) is 0 Å². The molecule has 4 rings (SSSR count). The van der Waals surface area contributed by atoms with Gasteiger partial charge in [0.05, 0.1) is 23.1 Å². The minimum atomic E-state index is 0.374. The molecule has 0 fully saturated rings. The van der Waals surface area contributed by atoms with Crippen molar-refractivity contribution in [2.45, 2.75) is 10.8 Å². The molecule has 1 N–H and O–H groups in total. The third kappa shape index (κ3) is 1.46. The molecule has 0 saturated carbocycles. The van der Waals surface area contributed by atoms with E-state index >= 15 is 0 Å². The van der Waals surface area contributed by atoms with Gasteiger partial charge in [-0.2, -0.15) is 0 Å². The molecule has 0 bridgehead atoms. The maximum atomic E-state index is 4.68. The highest BCUT2D eigenvalue weighted by molar-refractivity contribution is 7.99. The van der Waals surface area contributed by atoms with Crippen LogP contribution in [-0.4, -0.2) is 20.7 Å². The number of fused-ring (bicyclic) bond motifs is 2. The van der Waals surface area contributed by atoms with Crippen molar-refractivity contribution < 1.29 is 0 Å². The van der Waals surface area contributed by atoms with E-state index < -0.39 is 0 Å². The molecule has 0 saturated heterocycles. The van der Waals surface area contributed by atoms with Crippen LogP contribution in [0.15, 0.2) is 47.6 Å². The van der Waals surface area contributed by atoms with E-state index in [4.69, 9.17) is 0 Å². The molecule has 0 amide bonds. The third-order valence-electron chi connectivity index (χ3n) is 3.33. The van der Waals surface area contributed by atoms with Gasteiger partial charge >= 0.3 is 0 Å². The van der Waals surface area contributed by atoms with Crippen LogP contribution in [0.3, 0.4) is 0 Å². The SMILES string of the molecule is c1ccc2c(c1)SCC2c1nc2ccncc2[nH]1. The maximum absolute atomic E-state index is 4.68. The van der Waals surface area contributed by atoms with E-state index in [1.807, 2.05) is 24.0 Å². The van der Waals surface area contributed by atoms with Crippen LogP contribution in [0.25, 0.3) is 11.0 Å². The first kappa shape index (κ1) is 10.1. The van der Waals surface area contributed by atoms with Crippen molar-refractivity contribution in [2.75, 3.05) is 5.75 Å². The molecule has 2 aromatic heterocycles. The molecule has 3 aromatic rings. The minimum Gasteiger partial charge on any atom is -0.340 e. The third-order valence-corrected chi connectivity index (χ3v) is 4.51. The Morgan fingerprint density at radius 3 is 3.11 bits per heavy atom. The zero-order chi connectivity index (χ0) is 11.9. The number of nitrogens with one attached hydrogen (secondary N) is 1. The summed E-state index contributed by atoms with van der Waals surface area (Å²) in [5, 5.41) is 0. The van der Waals surface area contributed by atoms with Crippen LogP contribution in [0.4, 0.5) is 0 Å². The van der Waals surface area contributed by atoms with Crippen LogP contribution >= 0.6 is 11.8 Å². The summed E-state index contributed by atoms with van der Waals surface area (Å²) in [6.45, 7) is 0. The summed E-state index contributed by atoms with van der Waals surface area (Å²) in [5.74, 6) is 2.49. The fraction of sp³-hybridized carbons (Fsp3) is 0.143. The van der Waals surface area contributed by atoms with Gasteiger partial charge in [0.25, 0.3) is 0 Å². The molecular weight excluding hydrogens is 242 g/mol. The Balaban J connectivity index is 1.85. The Hall–Kier alpha value is -1.81. The number of benzene rings is 1. The van der Waals surface area contributed by atoms with E-state index in [0.29, 0.717) is 5.92 Å². The molecule has 1 unspecified atom stereocenters. The summed E-state index contributed by atoms with van der Waals surface area (Å²) in [6.07, 6.45) is 3.62. The van der Waals surface area contributed by atoms with Gasteiger partial charge in [0.15, 0.2) is 0 Å². The van der Waals surface area contributed by atoms with Crippen molar-refractivity contribution in [1.29, 1.82) is 0 Å². The van der Waals surface area contributed by atoms with Gasteiger partial charge in [0, 0.05) is 16.8 Å². The number of rotatable bonds is 1. The first-order chi connectivity index (χ1) is 8.92. The van der Waals surface area contributed by atoms with E-state index in [2.05, 4.69) is 39.2 Å². The number of hydrogen-bond acceptors (Lipinski definition) is 3. The van der Waals surface area contributed by atoms with Crippen LogP contribution in [0, 0.1) is 0 Å². The van der Waals surface area contributed by atoms with Crippen LogP contribution in [0.1, 0.15) is 17.3 Å². The minimum absolute atomic E-state index is 0.374. The first-order valence-corrected chi connectivity index (χ1v) is 6.92. The highest BCUT2D eigenvalue weighted by Gasteiger charge is 2.26. The van der Waals surface area contributed by atoms with Crippen LogP contribution in [0.5, 0.6) is 0 Å². The molecule has 1 aromatic carbocycles. The number of aromatic nitrogens is 3. The Morgan fingerprint density at radius 1 is 1.22 bits per heavy atom. The second-order valence-corrected chi connectivity index (χ2v) is 5.48. The van der Waals surface area contributed by atoms with Crippen molar-refractivity contribution in [3.8, 4) is 0 Å². The van der Waals surface area contributed by atoms with Gasteiger partial charge in [-0.1, -0.05) is 18.2 Å². The lowest BCUT2D eigenvalue weighted by Crippen LogP contribution is -2.01. The second kappa shape index (κ2) is 3.85. The second-order valence-electron chi connectivity index (χ2n) is 4.42. The predicted molar refractivity (Wildman–Crippen MR) is 72.9 cm³/mol. The lowest BCUT2D eigenvalue weighted by Gasteiger charge is -2.06. The average Bonchev–Trinajstić information content (AvgIpc) is 3.02. The molecular formula is C14H11N3S. The maximum Gasteiger partial charge on any atom is 0.115 e. The fourth-order valence-electron chi connectivity index (χ4n) is 2.43. The van der Waals surface area contributed by atoms with Crippen molar-refractivity contribution in [3.63, 3.8) is 0 Å². The number of pyridine rings is 1. The quantitative estimate of drug-likeness (QED) is 0.724. The fourth-order valence-corrected chi connectivity index (χ4v) is 3.67. The van der Waals surface area contributed by atoms with Crippen molar-refractivity contribution in [2.24, 2.45) is 0 Å². The van der Waals surface area contributed by atoms with Gasteiger partial charge < -0.3 is 4.98 Å². The summed E-state index contributed by atoms with van der Waals surface area (Å²) in [6, 6.07) is 10.5. The number of thioether (sulfide) groups is 1. The summed E-state index contributed by atoms with van der Waals surface area (Å²) in [5.41, 5.74) is 3.39. The Labute approximate surface area is 109 Å². The Morgan fingerprint density at radius 2 is 2.17 bits per heavy atom. The molecule has 1 atom stereocenters. The number of H-pyrrole nitrogens is 1. The summed E-state index contributed by atoms with van der Waals surface area (Å²) in [7, 11) is 0. The van der Waals surface area contributed by atoms with Gasteiger partial charge in [-0.3, -0.25) is 4.98 Å². The van der Waals surface area contributed by atoms with Gasteiger partial charge in [-0.15, -0.1) is 11.8 Å². The molecule has 4 heteroatoms. The summed E-state index contributed by atoms with van der Waals surface area (Å²) >= 11 is 1.91. The standard InChI is InChI=1S/C14H11N3S/c1-2-4-13-9(3-1)10(8-18-13)14-16-11-5-6-15-7-12(11)17-14/h1-7,10H,8H2,(H,16,17). The van der Waals surface area contributed by atoms with Crippen LogP contribution in [-0.2, 0) is 0 Å². The monoisotopic (exact) mass is 253 g/mol. The van der Waals surface area contributed by atoms with Gasteiger partial charge in [-0.05, 0) is 17.7 Å². The normalized spacial score (nSPS) is 18.1. The molecule has 0 spiro atoms. The van der Waals surface area contributed by atoms with E-state index in [0.717, 1.165) is 22.6 Å². The van der Waals surface area contributed by atoms with E-state index in [1.54, 1.807) is 6.20 Å². The summed E-state index contributed by atoms with van der Waals surface area (Å²) < 4.78 is 0. The zero-order valence-corrected chi connectivity index (χ0v) is 10.4.